The molecule has 3 amide bonds. The standard InChI is InChI=1S/C24H23ClN4O3/c25-19-5-6-20(17(9-19)10-26)16-3-1-15(2-4-16)18-11-29(12-18)24(31)28-8-7-22-21(13-28)27-23(30)14-32-22/h1-6,9,18,21-22H,7-8,11-14H2,(H,27,30)/t21-,22+/m1/s1. The number of carbonyl (C=O) groups is 2. The van der Waals surface area contributed by atoms with Gasteiger partial charge in [-0.3, -0.25) is 4.79 Å². The van der Waals surface area contributed by atoms with Gasteiger partial charge in [0.25, 0.3) is 0 Å². The van der Waals surface area contributed by atoms with Gasteiger partial charge in [0.2, 0.25) is 5.91 Å². The summed E-state index contributed by atoms with van der Waals surface area (Å²) in [6, 6.07) is 15.6. The number of hydrogen-bond donors (Lipinski definition) is 1. The van der Waals surface area contributed by atoms with Crippen molar-refractivity contribution in [2.24, 2.45) is 0 Å². The van der Waals surface area contributed by atoms with Gasteiger partial charge in [-0.1, -0.05) is 41.9 Å². The number of nitrogens with one attached hydrogen (secondary N) is 1. The van der Waals surface area contributed by atoms with Gasteiger partial charge in [-0.25, -0.2) is 4.79 Å². The maximum Gasteiger partial charge on any atom is 0.320 e. The van der Waals surface area contributed by atoms with E-state index >= 15 is 0 Å². The molecule has 8 heteroatoms. The van der Waals surface area contributed by atoms with Crippen molar-refractivity contribution in [1.82, 2.24) is 15.1 Å². The van der Waals surface area contributed by atoms with Crippen LogP contribution in [0.3, 0.4) is 0 Å². The van der Waals surface area contributed by atoms with E-state index in [2.05, 4.69) is 23.5 Å². The molecule has 0 aliphatic carbocycles. The van der Waals surface area contributed by atoms with Crippen LogP contribution in [0.4, 0.5) is 4.79 Å². The highest BCUT2D eigenvalue weighted by Crippen LogP contribution is 2.32. The second kappa shape index (κ2) is 8.45. The number of halogens is 1. The maximum absolute atomic E-state index is 12.9. The molecule has 0 saturated carbocycles. The quantitative estimate of drug-likeness (QED) is 0.762. The fraction of sp³-hybridized carbons (Fsp3) is 0.375. The summed E-state index contributed by atoms with van der Waals surface area (Å²) in [5.74, 6) is 0.178. The number of urea groups is 1. The first kappa shape index (κ1) is 20.8. The van der Waals surface area contributed by atoms with E-state index in [1.54, 1.807) is 12.1 Å². The maximum atomic E-state index is 12.9. The number of likely N-dealkylation sites (tertiary alicyclic amines) is 2. The minimum Gasteiger partial charge on any atom is -0.366 e. The van der Waals surface area contributed by atoms with Crippen molar-refractivity contribution >= 4 is 23.5 Å². The first-order valence-corrected chi connectivity index (χ1v) is 11.1. The highest BCUT2D eigenvalue weighted by Gasteiger charge is 2.40. The van der Waals surface area contributed by atoms with E-state index in [0.29, 0.717) is 42.7 Å². The van der Waals surface area contributed by atoms with Crippen LogP contribution in [0.5, 0.6) is 0 Å². The van der Waals surface area contributed by atoms with E-state index in [4.69, 9.17) is 16.3 Å². The molecular formula is C24H23ClN4O3. The molecular weight excluding hydrogens is 428 g/mol. The summed E-state index contributed by atoms with van der Waals surface area (Å²) in [5.41, 5.74) is 3.55. The van der Waals surface area contributed by atoms with E-state index in [0.717, 1.165) is 17.5 Å². The molecule has 1 N–H and O–H groups in total. The average Bonchev–Trinajstić information content (AvgIpc) is 2.78. The van der Waals surface area contributed by atoms with Crippen LogP contribution in [0.1, 0.15) is 23.5 Å². The number of benzene rings is 2. The molecule has 32 heavy (non-hydrogen) atoms. The van der Waals surface area contributed by atoms with Crippen LogP contribution >= 0.6 is 11.6 Å². The summed E-state index contributed by atoms with van der Waals surface area (Å²) in [6.45, 7) is 2.60. The van der Waals surface area contributed by atoms with Gasteiger partial charge in [0, 0.05) is 37.1 Å². The van der Waals surface area contributed by atoms with Gasteiger partial charge >= 0.3 is 6.03 Å². The number of piperidine rings is 1. The Morgan fingerprint density at radius 2 is 1.91 bits per heavy atom. The predicted octanol–water partition coefficient (Wildman–Crippen LogP) is 2.99. The minimum atomic E-state index is -0.121. The number of rotatable bonds is 2. The fourth-order valence-electron chi connectivity index (χ4n) is 4.71. The van der Waals surface area contributed by atoms with Crippen molar-refractivity contribution in [3.05, 3.63) is 58.6 Å². The molecule has 0 radical (unpaired) electrons. The van der Waals surface area contributed by atoms with Crippen LogP contribution in [0, 0.1) is 11.3 Å². The van der Waals surface area contributed by atoms with Gasteiger partial charge in [0.1, 0.15) is 6.61 Å². The third-order valence-corrected chi connectivity index (χ3v) is 6.78. The smallest absolute Gasteiger partial charge is 0.320 e. The normalized spacial score (nSPS) is 23.1. The van der Waals surface area contributed by atoms with Crippen molar-refractivity contribution in [3.8, 4) is 17.2 Å². The summed E-state index contributed by atoms with van der Waals surface area (Å²) in [6.07, 6.45) is 0.742. The molecule has 3 saturated heterocycles. The molecule has 2 atom stereocenters. The Balaban J connectivity index is 1.19. The van der Waals surface area contributed by atoms with Gasteiger partial charge in [0.15, 0.2) is 0 Å². The highest BCUT2D eigenvalue weighted by molar-refractivity contribution is 6.30. The van der Waals surface area contributed by atoms with Crippen LogP contribution in [-0.4, -0.2) is 66.7 Å². The van der Waals surface area contributed by atoms with Crippen LogP contribution in [0.25, 0.3) is 11.1 Å². The number of amides is 3. The largest absolute Gasteiger partial charge is 0.366 e. The van der Waals surface area contributed by atoms with Crippen LogP contribution in [0.15, 0.2) is 42.5 Å². The molecule has 3 heterocycles. The Labute approximate surface area is 191 Å². The average molecular weight is 451 g/mol. The van der Waals surface area contributed by atoms with Gasteiger partial charge < -0.3 is 19.9 Å². The molecule has 2 aromatic rings. The molecule has 3 aliphatic heterocycles. The first-order chi connectivity index (χ1) is 15.5. The zero-order chi connectivity index (χ0) is 22.2. The minimum absolute atomic E-state index is 0.00148. The zero-order valence-corrected chi connectivity index (χ0v) is 18.2. The number of morpholine rings is 1. The molecule has 0 spiro atoms. The highest BCUT2D eigenvalue weighted by atomic mass is 35.5. The second-order valence-corrected chi connectivity index (χ2v) is 9.00. The fourth-order valence-corrected chi connectivity index (χ4v) is 4.89. The molecule has 0 unspecified atom stereocenters. The lowest BCUT2D eigenvalue weighted by Gasteiger charge is -2.46. The van der Waals surface area contributed by atoms with E-state index in [1.807, 2.05) is 28.0 Å². The van der Waals surface area contributed by atoms with Crippen LogP contribution < -0.4 is 5.32 Å². The van der Waals surface area contributed by atoms with E-state index in [9.17, 15) is 14.9 Å². The monoisotopic (exact) mass is 450 g/mol. The van der Waals surface area contributed by atoms with Crippen molar-refractivity contribution in [2.45, 2.75) is 24.5 Å². The summed E-state index contributed by atoms with van der Waals surface area (Å²) in [7, 11) is 0. The van der Waals surface area contributed by atoms with Crippen LogP contribution in [-0.2, 0) is 9.53 Å². The Morgan fingerprint density at radius 1 is 1.12 bits per heavy atom. The molecule has 164 valence electrons. The lowest BCUT2D eigenvalue weighted by Crippen LogP contribution is -2.63. The van der Waals surface area contributed by atoms with Crippen molar-refractivity contribution in [1.29, 1.82) is 5.26 Å². The van der Waals surface area contributed by atoms with E-state index in [-0.39, 0.29) is 30.7 Å². The van der Waals surface area contributed by atoms with Gasteiger partial charge in [-0.15, -0.1) is 0 Å². The number of fused-ring (bicyclic) bond motifs is 1. The Morgan fingerprint density at radius 3 is 2.66 bits per heavy atom. The van der Waals surface area contributed by atoms with E-state index in [1.165, 1.54) is 5.56 Å². The second-order valence-electron chi connectivity index (χ2n) is 8.57. The molecule has 0 bridgehead atoms. The topological polar surface area (TPSA) is 85.7 Å². The Bertz CT molecular complexity index is 1090. The molecule has 2 aromatic carbocycles. The molecule has 5 rings (SSSR count). The number of carbonyl (C=O) groups excluding carboxylic acids is 2. The molecule has 0 aromatic heterocycles. The third kappa shape index (κ3) is 3.92. The Hall–Kier alpha value is -3.08. The number of nitriles is 1. The molecule has 7 nitrogen and oxygen atoms in total. The lowest BCUT2D eigenvalue weighted by atomic mass is 9.89. The van der Waals surface area contributed by atoms with Crippen molar-refractivity contribution in [2.75, 3.05) is 32.8 Å². The molecule has 3 aliphatic rings. The third-order valence-electron chi connectivity index (χ3n) is 6.54. The first-order valence-electron chi connectivity index (χ1n) is 10.8. The van der Waals surface area contributed by atoms with Gasteiger partial charge in [0.05, 0.1) is 23.8 Å². The number of hydrogen-bond acceptors (Lipinski definition) is 4. The number of ether oxygens (including phenoxy) is 1. The summed E-state index contributed by atoms with van der Waals surface area (Å²) in [4.78, 5) is 28.2. The van der Waals surface area contributed by atoms with Gasteiger partial charge in [-0.05, 0) is 35.2 Å². The van der Waals surface area contributed by atoms with E-state index < -0.39 is 0 Å². The SMILES string of the molecule is N#Cc1cc(Cl)ccc1-c1ccc(C2CN(C(=O)N3CC[C@@H]4OCC(=O)N[C@@H]4C3)C2)cc1. The zero-order valence-electron chi connectivity index (χ0n) is 17.5. The predicted molar refractivity (Wildman–Crippen MR) is 119 cm³/mol. The summed E-state index contributed by atoms with van der Waals surface area (Å²) in [5, 5.41) is 12.9. The van der Waals surface area contributed by atoms with Gasteiger partial charge in [-0.2, -0.15) is 5.26 Å². The van der Waals surface area contributed by atoms with Crippen LogP contribution in [0.2, 0.25) is 5.02 Å². The molecule has 3 fully saturated rings. The van der Waals surface area contributed by atoms with Crippen molar-refractivity contribution < 1.29 is 14.3 Å². The van der Waals surface area contributed by atoms with Crippen molar-refractivity contribution in [3.63, 3.8) is 0 Å². The number of nitrogens with zero attached hydrogens (tertiary/aromatic N) is 3. The summed E-state index contributed by atoms with van der Waals surface area (Å²) < 4.78 is 5.57. The summed E-state index contributed by atoms with van der Waals surface area (Å²) >= 11 is 6.00. The Kier molecular flexibility index (Phi) is 5.50. The lowest BCUT2D eigenvalue weighted by molar-refractivity contribution is -0.139.